The Balaban J connectivity index is 1.43. The van der Waals surface area contributed by atoms with E-state index in [-0.39, 0.29) is 11.8 Å². The van der Waals surface area contributed by atoms with Gasteiger partial charge in [-0.1, -0.05) is 12.1 Å². The van der Waals surface area contributed by atoms with Crippen LogP contribution < -0.4 is 10.1 Å². The molecule has 3 rings (SSSR count). The van der Waals surface area contributed by atoms with E-state index in [1.54, 1.807) is 26.4 Å². The third kappa shape index (κ3) is 6.10. The molecule has 0 bridgehead atoms. The first-order valence-electron chi connectivity index (χ1n) is 10.4. The third-order valence-electron chi connectivity index (χ3n) is 5.37. The van der Waals surface area contributed by atoms with Crippen molar-refractivity contribution in [1.29, 1.82) is 0 Å². The van der Waals surface area contributed by atoms with E-state index < -0.39 is 0 Å². The molecule has 7 heteroatoms. The number of ether oxygens (including phenoxy) is 2. The van der Waals surface area contributed by atoms with Crippen LogP contribution in [-0.4, -0.2) is 44.0 Å². The highest BCUT2D eigenvalue weighted by atomic mass is 16.5. The van der Waals surface area contributed by atoms with Crippen LogP contribution in [0.4, 0.5) is 0 Å². The van der Waals surface area contributed by atoms with Crippen LogP contribution in [0.25, 0.3) is 0 Å². The Labute approximate surface area is 177 Å². The quantitative estimate of drug-likeness (QED) is 0.680. The molecule has 1 aliphatic rings. The zero-order valence-corrected chi connectivity index (χ0v) is 17.7. The molecular weight excluding hydrogens is 384 g/mol. The molecule has 1 fully saturated rings. The molecule has 1 aromatic heterocycles. The molecule has 0 saturated carbocycles. The van der Waals surface area contributed by atoms with Crippen LogP contribution in [0.5, 0.6) is 5.75 Å². The first kappa shape index (κ1) is 21.9. The van der Waals surface area contributed by atoms with Crippen LogP contribution in [0, 0.1) is 5.92 Å². The summed E-state index contributed by atoms with van der Waals surface area (Å²) in [5.74, 6) is 2.01. The number of amides is 2. The lowest BCUT2D eigenvalue weighted by Gasteiger charge is -2.32. The van der Waals surface area contributed by atoms with E-state index >= 15 is 0 Å². The Morgan fingerprint density at radius 3 is 2.90 bits per heavy atom. The summed E-state index contributed by atoms with van der Waals surface area (Å²) >= 11 is 0. The number of methoxy groups -OCH3 is 2. The molecule has 1 saturated heterocycles. The van der Waals surface area contributed by atoms with Gasteiger partial charge in [-0.2, -0.15) is 0 Å². The molecule has 1 aromatic carbocycles. The molecule has 30 heavy (non-hydrogen) atoms. The SMILES string of the molecule is COCc1ccc(C(=O)N2CCC[C@H](CCC(=O)NCc3cccc(OC)c3)C2)o1. The molecule has 0 spiro atoms. The maximum atomic E-state index is 12.7. The maximum Gasteiger partial charge on any atom is 0.289 e. The Morgan fingerprint density at radius 1 is 1.23 bits per heavy atom. The zero-order chi connectivity index (χ0) is 21.3. The van der Waals surface area contributed by atoms with Crippen molar-refractivity contribution >= 4 is 11.8 Å². The highest BCUT2D eigenvalue weighted by molar-refractivity contribution is 5.91. The molecule has 0 aliphatic carbocycles. The van der Waals surface area contributed by atoms with E-state index in [1.807, 2.05) is 29.2 Å². The number of benzene rings is 1. The lowest BCUT2D eigenvalue weighted by molar-refractivity contribution is -0.121. The summed E-state index contributed by atoms with van der Waals surface area (Å²) < 4.78 is 15.8. The molecule has 1 aliphatic heterocycles. The molecule has 7 nitrogen and oxygen atoms in total. The van der Waals surface area contributed by atoms with E-state index in [4.69, 9.17) is 13.9 Å². The first-order valence-corrected chi connectivity index (χ1v) is 10.4. The fourth-order valence-corrected chi connectivity index (χ4v) is 3.76. The van der Waals surface area contributed by atoms with Crippen molar-refractivity contribution in [1.82, 2.24) is 10.2 Å². The molecule has 2 amide bonds. The van der Waals surface area contributed by atoms with Crippen LogP contribution in [0.2, 0.25) is 0 Å². The average molecular weight is 415 g/mol. The van der Waals surface area contributed by atoms with E-state index in [2.05, 4.69) is 5.32 Å². The van der Waals surface area contributed by atoms with Crippen molar-refractivity contribution in [2.24, 2.45) is 5.92 Å². The van der Waals surface area contributed by atoms with Crippen molar-refractivity contribution in [3.8, 4) is 5.75 Å². The zero-order valence-electron chi connectivity index (χ0n) is 17.7. The van der Waals surface area contributed by atoms with Crippen LogP contribution in [0.1, 0.15) is 47.6 Å². The Morgan fingerprint density at radius 2 is 2.10 bits per heavy atom. The molecule has 0 radical (unpaired) electrons. The fraction of sp³-hybridized carbons (Fsp3) is 0.478. The van der Waals surface area contributed by atoms with Crippen molar-refractivity contribution in [2.75, 3.05) is 27.3 Å². The average Bonchev–Trinajstić information content (AvgIpc) is 3.25. The topological polar surface area (TPSA) is 81.0 Å². The second kappa shape index (κ2) is 10.8. The van der Waals surface area contributed by atoms with Crippen LogP contribution in [0.15, 0.2) is 40.8 Å². The predicted octanol–water partition coefficient (Wildman–Crippen LogP) is 3.38. The number of nitrogens with zero attached hydrogens (tertiary/aromatic N) is 1. The number of piperidine rings is 1. The van der Waals surface area contributed by atoms with Crippen molar-refractivity contribution < 1.29 is 23.5 Å². The maximum absolute atomic E-state index is 12.7. The lowest BCUT2D eigenvalue weighted by atomic mass is 9.93. The van der Waals surface area contributed by atoms with Crippen molar-refractivity contribution in [2.45, 2.75) is 38.8 Å². The van der Waals surface area contributed by atoms with E-state index in [0.717, 1.165) is 37.1 Å². The van der Waals surface area contributed by atoms with Gasteiger partial charge in [0.05, 0.1) is 7.11 Å². The second-order valence-corrected chi connectivity index (χ2v) is 7.63. The van der Waals surface area contributed by atoms with Gasteiger partial charge in [0.2, 0.25) is 5.91 Å². The molecule has 162 valence electrons. The summed E-state index contributed by atoms with van der Waals surface area (Å²) in [4.78, 5) is 26.8. The fourth-order valence-electron chi connectivity index (χ4n) is 3.76. The summed E-state index contributed by atoms with van der Waals surface area (Å²) in [7, 11) is 3.21. The third-order valence-corrected chi connectivity index (χ3v) is 5.37. The standard InChI is InChI=1S/C23H30N2O5/c1-28-16-20-9-10-21(30-20)23(27)25-12-4-6-17(15-25)8-11-22(26)24-14-18-5-3-7-19(13-18)29-2/h3,5,7,9-10,13,17H,4,6,8,11-12,14-16H2,1-2H3,(H,24,26)/t17-/m1/s1. The minimum atomic E-state index is -0.0930. The number of carbonyl (C=O) groups is 2. The summed E-state index contributed by atoms with van der Waals surface area (Å²) in [6.45, 7) is 2.20. The minimum Gasteiger partial charge on any atom is -0.497 e. The molecule has 0 unspecified atom stereocenters. The van der Waals surface area contributed by atoms with E-state index in [9.17, 15) is 9.59 Å². The monoisotopic (exact) mass is 414 g/mol. The van der Waals surface area contributed by atoms with Crippen LogP contribution in [0.3, 0.4) is 0 Å². The molecular formula is C23H30N2O5. The smallest absolute Gasteiger partial charge is 0.289 e. The number of nitrogens with one attached hydrogen (secondary N) is 1. The van der Waals surface area contributed by atoms with Crippen molar-refractivity contribution in [3.05, 3.63) is 53.5 Å². The van der Waals surface area contributed by atoms with Gasteiger partial charge in [-0.05, 0) is 55.0 Å². The highest BCUT2D eigenvalue weighted by Crippen LogP contribution is 2.23. The van der Waals surface area contributed by atoms with Crippen molar-refractivity contribution in [3.63, 3.8) is 0 Å². The molecule has 1 N–H and O–H groups in total. The van der Waals surface area contributed by atoms with Gasteiger partial charge >= 0.3 is 0 Å². The van der Waals surface area contributed by atoms with Gasteiger partial charge in [0, 0.05) is 33.2 Å². The molecule has 2 aromatic rings. The number of furan rings is 1. The van der Waals surface area contributed by atoms with Gasteiger partial charge in [-0.25, -0.2) is 0 Å². The van der Waals surface area contributed by atoms with Gasteiger partial charge < -0.3 is 24.1 Å². The van der Waals surface area contributed by atoms with Gasteiger partial charge in [0.25, 0.3) is 5.91 Å². The van der Waals surface area contributed by atoms with Crippen LogP contribution in [-0.2, 0) is 22.7 Å². The number of carbonyl (C=O) groups excluding carboxylic acids is 2. The van der Waals surface area contributed by atoms with E-state index in [0.29, 0.717) is 43.6 Å². The minimum absolute atomic E-state index is 0.0245. The van der Waals surface area contributed by atoms with Gasteiger partial charge in [0.1, 0.15) is 18.1 Å². The molecule has 2 heterocycles. The second-order valence-electron chi connectivity index (χ2n) is 7.63. The van der Waals surface area contributed by atoms with Gasteiger partial charge in [-0.15, -0.1) is 0 Å². The Hall–Kier alpha value is -2.80. The van der Waals surface area contributed by atoms with Gasteiger partial charge in [0.15, 0.2) is 5.76 Å². The lowest BCUT2D eigenvalue weighted by Crippen LogP contribution is -2.40. The number of hydrogen-bond acceptors (Lipinski definition) is 5. The highest BCUT2D eigenvalue weighted by Gasteiger charge is 2.26. The molecule has 1 atom stereocenters. The summed E-state index contributed by atoms with van der Waals surface area (Å²) in [6, 6.07) is 11.1. The summed E-state index contributed by atoms with van der Waals surface area (Å²) in [5, 5.41) is 2.96. The van der Waals surface area contributed by atoms with E-state index in [1.165, 1.54) is 0 Å². The predicted molar refractivity (Wildman–Crippen MR) is 112 cm³/mol. The number of likely N-dealkylation sites (tertiary alicyclic amines) is 1. The summed E-state index contributed by atoms with van der Waals surface area (Å²) in [5.41, 5.74) is 1.00. The summed E-state index contributed by atoms with van der Waals surface area (Å²) in [6.07, 6.45) is 3.18. The normalized spacial score (nSPS) is 16.3. The Kier molecular flexibility index (Phi) is 7.90. The largest absolute Gasteiger partial charge is 0.497 e. The Bertz CT molecular complexity index is 848. The number of rotatable bonds is 9. The van der Waals surface area contributed by atoms with Crippen LogP contribution >= 0.6 is 0 Å². The number of hydrogen-bond donors (Lipinski definition) is 1. The van der Waals surface area contributed by atoms with Gasteiger partial charge in [-0.3, -0.25) is 9.59 Å². The first-order chi connectivity index (χ1) is 14.6.